The van der Waals surface area contributed by atoms with Gasteiger partial charge in [0.1, 0.15) is 32.7 Å². The van der Waals surface area contributed by atoms with Gasteiger partial charge < -0.3 is 9.80 Å². The van der Waals surface area contributed by atoms with Gasteiger partial charge in [0.05, 0.1) is 5.41 Å². The summed E-state index contributed by atoms with van der Waals surface area (Å²) in [6.45, 7) is 10.4. The Bertz CT molecular complexity index is 714. The number of carbonyl (C=O) groups excluding carboxylic acids is 2. The van der Waals surface area contributed by atoms with Crippen molar-refractivity contribution >= 4 is 11.8 Å². The first-order valence-electron chi connectivity index (χ1n) is 11.1. The lowest BCUT2D eigenvalue weighted by Crippen LogP contribution is -3.28. The standard InChI is InChI=1S/C23H33N3O2/c1-18(2)20-7-5-19(6-8-20)16-24-11-13-25(14-12-24)17-26-21(27)15-23(22(26)28)9-3-4-10-23/h5-8,18H,3-4,9-17H2,1-2H3/p+2. The molecule has 0 unspecified atom stereocenters. The molecule has 28 heavy (non-hydrogen) atoms. The van der Waals surface area contributed by atoms with Crippen molar-refractivity contribution in [2.45, 2.75) is 58.4 Å². The molecule has 1 saturated carbocycles. The van der Waals surface area contributed by atoms with Gasteiger partial charge in [-0.2, -0.15) is 0 Å². The topological polar surface area (TPSA) is 46.3 Å². The van der Waals surface area contributed by atoms with Gasteiger partial charge in [-0.05, 0) is 24.3 Å². The van der Waals surface area contributed by atoms with Crippen LogP contribution in [0.25, 0.3) is 0 Å². The number of nitrogens with one attached hydrogen (secondary N) is 2. The van der Waals surface area contributed by atoms with Crippen molar-refractivity contribution in [3.8, 4) is 0 Å². The Morgan fingerprint density at radius 2 is 1.57 bits per heavy atom. The largest absolute Gasteiger partial charge is 0.322 e. The molecule has 0 radical (unpaired) electrons. The first-order chi connectivity index (χ1) is 13.5. The summed E-state index contributed by atoms with van der Waals surface area (Å²) in [6.07, 6.45) is 4.48. The number of hydrogen-bond donors (Lipinski definition) is 2. The predicted octanol–water partition coefficient (Wildman–Crippen LogP) is 0.370. The second-order valence-corrected chi connectivity index (χ2v) is 9.52. The Labute approximate surface area is 168 Å². The smallest absolute Gasteiger partial charge is 0.240 e. The maximum atomic E-state index is 12.9. The van der Waals surface area contributed by atoms with Crippen LogP contribution in [-0.2, 0) is 16.1 Å². The molecular formula is C23H35N3O2+2. The van der Waals surface area contributed by atoms with Gasteiger partial charge >= 0.3 is 0 Å². The van der Waals surface area contributed by atoms with Crippen molar-refractivity contribution in [1.29, 1.82) is 0 Å². The van der Waals surface area contributed by atoms with Gasteiger partial charge in [0.25, 0.3) is 0 Å². The van der Waals surface area contributed by atoms with Crippen molar-refractivity contribution < 1.29 is 19.4 Å². The average molecular weight is 386 g/mol. The molecule has 3 aliphatic rings. The van der Waals surface area contributed by atoms with Gasteiger partial charge in [0.2, 0.25) is 11.8 Å². The number of rotatable bonds is 5. The normalized spacial score (nSPS) is 27.3. The molecule has 2 amide bonds. The highest BCUT2D eigenvalue weighted by Gasteiger charge is 2.53. The van der Waals surface area contributed by atoms with Crippen LogP contribution in [0.5, 0.6) is 0 Å². The third-order valence-corrected chi connectivity index (χ3v) is 7.20. The number of nitrogens with zero attached hydrogens (tertiary/aromatic N) is 1. The van der Waals surface area contributed by atoms with Crippen LogP contribution in [0.3, 0.4) is 0 Å². The summed E-state index contributed by atoms with van der Waals surface area (Å²) >= 11 is 0. The third kappa shape index (κ3) is 3.87. The van der Waals surface area contributed by atoms with Crippen molar-refractivity contribution in [3.63, 3.8) is 0 Å². The molecule has 0 atom stereocenters. The summed E-state index contributed by atoms with van der Waals surface area (Å²) in [7, 11) is 0. The van der Waals surface area contributed by atoms with Crippen LogP contribution in [0.15, 0.2) is 24.3 Å². The minimum Gasteiger partial charge on any atom is -0.322 e. The van der Waals surface area contributed by atoms with Crippen molar-refractivity contribution in [2.75, 3.05) is 32.8 Å². The van der Waals surface area contributed by atoms with E-state index in [0.717, 1.165) is 58.4 Å². The summed E-state index contributed by atoms with van der Waals surface area (Å²) in [5.74, 6) is 0.773. The van der Waals surface area contributed by atoms with Gasteiger partial charge in [0, 0.05) is 12.0 Å². The summed E-state index contributed by atoms with van der Waals surface area (Å²) in [4.78, 5) is 30.0. The third-order valence-electron chi connectivity index (χ3n) is 7.20. The van der Waals surface area contributed by atoms with E-state index in [1.807, 2.05) is 0 Å². The molecule has 2 saturated heterocycles. The van der Waals surface area contributed by atoms with E-state index in [9.17, 15) is 9.59 Å². The number of imide groups is 1. The molecule has 2 aliphatic heterocycles. The van der Waals surface area contributed by atoms with Crippen LogP contribution in [-0.4, -0.2) is 49.6 Å². The number of carbonyl (C=O) groups is 2. The lowest BCUT2D eigenvalue weighted by molar-refractivity contribution is -1.02. The van der Waals surface area contributed by atoms with Gasteiger partial charge in [0.15, 0.2) is 6.67 Å². The van der Waals surface area contributed by atoms with Gasteiger partial charge in [-0.15, -0.1) is 0 Å². The number of piperazine rings is 1. The van der Waals surface area contributed by atoms with E-state index in [0.29, 0.717) is 19.0 Å². The quantitative estimate of drug-likeness (QED) is 0.720. The van der Waals surface area contributed by atoms with Gasteiger partial charge in [-0.1, -0.05) is 51.0 Å². The highest BCUT2D eigenvalue weighted by molar-refractivity contribution is 6.05. The van der Waals surface area contributed by atoms with Gasteiger partial charge in [-0.25, -0.2) is 4.90 Å². The van der Waals surface area contributed by atoms with E-state index in [1.54, 1.807) is 9.80 Å². The molecule has 3 fully saturated rings. The minimum absolute atomic E-state index is 0.0689. The van der Waals surface area contributed by atoms with E-state index >= 15 is 0 Å². The molecule has 4 rings (SSSR count). The zero-order chi connectivity index (χ0) is 19.7. The Morgan fingerprint density at radius 3 is 2.18 bits per heavy atom. The number of amides is 2. The summed E-state index contributed by atoms with van der Waals surface area (Å²) in [5.41, 5.74) is 2.47. The van der Waals surface area contributed by atoms with E-state index in [1.165, 1.54) is 16.0 Å². The van der Waals surface area contributed by atoms with E-state index < -0.39 is 0 Å². The number of benzene rings is 1. The van der Waals surface area contributed by atoms with Crippen molar-refractivity contribution in [1.82, 2.24) is 4.90 Å². The maximum absolute atomic E-state index is 12.9. The fourth-order valence-corrected chi connectivity index (χ4v) is 5.29. The van der Waals surface area contributed by atoms with Crippen LogP contribution >= 0.6 is 0 Å². The molecule has 5 heteroatoms. The van der Waals surface area contributed by atoms with Crippen LogP contribution in [0, 0.1) is 5.41 Å². The fourth-order valence-electron chi connectivity index (χ4n) is 5.29. The summed E-state index contributed by atoms with van der Waals surface area (Å²) in [5, 5.41) is 0. The minimum atomic E-state index is -0.328. The van der Waals surface area contributed by atoms with Crippen LogP contribution < -0.4 is 9.80 Å². The molecule has 1 spiro atoms. The number of likely N-dealkylation sites (tertiary alicyclic amines) is 1. The summed E-state index contributed by atoms with van der Waals surface area (Å²) in [6, 6.07) is 9.04. The molecule has 0 bridgehead atoms. The lowest BCUT2D eigenvalue weighted by atomic mass is 9.85. The predicted molar refractivity (Wildman–Crippen MR) is 108 cm³/mol. The second-order valence-electron chi connectivity index (χ2n) is 9.52. The molecular weight excluding hydrogens is 350 g/mol. The average Bonchev–Trinajstić information content (AvgIpc) is 3.24. The number of quaternary nitrogens is 2. The Kier molecular flexibility index (Phi) is 5.57. The highest BCUT2D eigenvalue weighted by Crippen LogP contribution is 2.46. The van der Waals surface area contributed by atoms with Crippen molar-refractivity contribution in [2.24, 2.45) is 5.41 Å². The number of hydrogen-bond acceptors (Lipinski definition) is 2. The molecule has 152 valence electrons. The van der Waals surface area contributed by atoms with Crippen LogP contribution in [0.4, 0.5) is 0 Å². The molecule has 5 nitrogen and oxygen atoms in total. The Morgan fingerprint density at radius 1 is 0.964 bits per heavy atom. The van der Waals surface area contributed by atoms with E-state index in [4.69, 9.17) is 0 Å². The van der Waals surface area contributed by atoms with Gasteiger partial charge in [-0.3, -0.25) is 9.59 Å². The maximum Gasteiger partial charge on any atom is 0.240 e. The first kappa shape index (κ1) is 19.6. The van der Waals surface area contributed by atoms with Crippen molar-refractivity contribution in [3.05, 3.63) is 35.4 Å². The lowest BCUT2D eigenvalue weighted by Gasteiger charge is -2.32. The monoisotopic (exact) mass is 385 g/mol. The van der Waals surface area contributed by atoms with E-state index in [-0.39, 0.29) is 17.2 Å². The Hall–Kier alpha value is -1.72. The molecule has 2 heterocycles. The van der Waals surface area contributed by atoms with Crippen LogP contribution in [0.2, 0.25) is 0 Å². The molecule has 1 aliphatic carbocycles. The summed E-state index contributed by atoms with van der Waals surface area (Å²) < 4.78 is 0. The fraction of sp³-hybridized carbons (Fsp3) is 0.652. The molecule has 1 aromatic rings. The van der Waals surface area contributed by atoms with Crippen LogP contribution in [0.1, 0.15) is 63.0 Å². The second kappa shape index (κ2) is 7.96. The zero-order valence-electron chi connectivity index (χ0n) is 17.4. The molecule has 2 N–H and O–H groups in total. The van der Waals surface area contributed by atoms with E-state index in [2.05, 4.69) is 38.1 Å². The SMILES string of the molecule is CC(C)c1ccc(C[NH+]2CC[NH+](CN3C(=O)CC4(CCCC4)C3=O)CC2)cc1. The first-order valence-corrected chi connectivity index (χ1v) is 11.1. The highest BCUT2D eigenvalue weighted by atomic mass is 16.2. The molecule has 0 aromatic heterocycles. The zero-order valence-corrected chi connectivity index (χ0v) is 17.4. The molecule has 1 aromatic carbocycles. The Balaban J connectivity index is 1.27.